The van der Waals surface area contributed by atoms with E-state index >= 15 is 0 Å². The number of hydrogen-bond acceptors (Lipinski definition) is 5. The molecule has 8 nitrogen and oxygen atoms in total. The van der Waals surface area contributed by atoms with E-state index in [1.165, 1.54) is 18.7 Å². The minimum absolute atomic E-state index is 0.220. The quantitative estimate of drug-likeness (QED) is 0.814. The molecule has 0 aromatic carbocycles. The molecule has 1 unspecified atom stereocenters. The third-order valence-electron chi connectivity index (χ3n) is 3.32. The monoisotopic (exact) mass is 279 g/mol. The Bertz CT molecular complexity index is 473. The largest absolute Gasteiger partial charge is 0.480 e. The number of nitrogens with zero attached hydrogens (tertiary/aromatic N) is 4. The fraction of sp³-hybridized carbons (Fsp3) is 0.500. The predicted octanol–water partition coefficient (Wildman–Crippen LogP) is 0.0992. The molecule has 1 aliphatic rings. The molecule has 0 spiro atoms. The summed E-state index contributed by atoms with van der Waals surface area (Å²) < 4.78 is 0. The molecule has 20 heavy (non-hydrogen) atoms. The molecular weight excluding hydrogens is 262 g/mol. The zero-order chi connectivity index (χ0) is 14.5. The first-order valence-electron chi connectivity index (χ1n) is 6.35. The first-order valence-corrected chi connectivity index (χ1v) is 6.35. The fourth-order valence-electron chi connectivity index (χ4n) is 2.03. The van der Waals surface area contributed by atoms with Gasteiger partial charge in [0.05, 0.1) is 18.1 Å². The van der Waals surface area contributed by atoms with Gasteiger partial charge in [0.1, 0.15) is 12.4 Å². The number of rotatable bonds is 3. The summed E-state index contributed by atoms with van der Waals surface area (Å²) in [5, 5.41) is 11.7. The number of nitrogens with one attached hydrogen (secondary N) is 1. The van der Waals surface area contributed by atoms with Crippen LogP contribution >= 0.6 is 0 Å². The average molecular weight is 279 g/mol. The highest BCUT2D eigenvalue weighted by molar-refractivity contribution is 5.89. The van der Waals surface area contributed by atoms with E-state index in [1.54, 1.807) is 11.8 Å². The summed E-state index contributed by atoms with van der Waals surface area (Å²) in [4.78, 5) is 34.0. The molecule has 1 aromatic heterocycles. The second-order valence-corrected chi connectivity index (χ2v) is 4.59. The Morgan fingerprint density at radius 3 is 2.40 bits per heavy atom. The van der Waals surface area contributed by atoms with Gasteiger partial charge in [-0.15, -0.1) is 0 Å². The number of piperazine rings is 1. The van der Waals surface area contributed by atoms with Crippen LogP contribution in [-0.2, 0) is 4.79 Å². The second-order valence-electron chi connectivity index (χ2n) is 4.59. The molecule has 2 heterocycles. The summed E-state index contributed by atoms with van der Waals surface area (Å²) in [7, 11) is 0. The summed E-state index contributed by atoms with van der Waals surface area (Å²) in [5.74, 6) is -0.843. The van der Waals surface area contributed by atoms with Crippen LogP contribution in [0, 0.1) is 0 Å². The molecule has 2 N–H and O–H groups in total. The summed E-state index contributed by atoms with van der Waals surface area (Å²) in [6.07, 6.45) is 4.43. The number of anilines is 1. The molecule has 0 aliphatic carbocycles. The van der Waals surface area contributed by atoms with Crippen LogP contribution in [0.15, 0.2) is 18.7 Å². The maximum atomic E-state index is 12.0. The standard InChI is InChI=1S/C12H17N5O3/c1-9(11(18)19)16-2-4-17(5-3-16)12(20)15-10-6-13-8-14-7-10/h6-9H,2-5H2,1H3,(H,15,20)(H,18,19). The molecule has 2 amide bonds. The summed E-state index contributed by atoms with van der Waals surface area (Å²) in [6, 6.07) is -0.745. The Labute approximate surface area is 116 Å². The Morgan fingerprint density at radius 2 is 1.85 bits per heavy atom. The average Bonchev–Trinajstić information content (AvgIpc) is 2.47. The van der Waals surface area contributed by atoms with Gasteiger partial charge in [-0.1, -0.05) is 0 Å². The number of aromatic nitrogens is 2. The molecular formula is C12H17N5O3. The number of aliphatic carboxylic acids is 1. The molecule has 1 saturated heterocycles. The number of carboxylic acid groups (broad SMARTS) is 1. The smallest absolute Gasteiger partial charge is 0.322 e. The maximum Gasteiger partial charge on any atom is 0.322 e. The zero-order valence-electron chi connectivity index (χ0n) is 11.2. The number of amides is 2. The molecule has 0 bridgehead atoms. The van der Waals surface area contributed by atoms with Crippen LogP contribution in [0.5, 0.6) is 0 Å². The van der Waals surface area contributed by atoms with Gasteiger partial charge in [-0.3, -0.25) is 9.69 Å². The normalized spacial score (nSPS) is 17.6. The van der Waals surface area contributed by atoms with Gasteiger partial charge in [0, 0.05) is 26.2 Å². The minimum Gasteiger partial charge on any atom is -0.480 e. The van der Waals surface area contributed by atoms with Crippen molar-refractivity contribution in [1.29, 1.82) is 0 Å². The highest BCUT2D eigenvalue weighted by Gasteiger charge is 2.27. The number of urea groups is 1. The van der Waals surface area contributed by atoms with Crippen LogP contribution in [0.4, 0.5) is 10.5 Å². The van der Waals surface area contributed by atoms with Crippen molar-refractivity contribution in [1.82, 2.24) is 19.8 Å². The number of hydrogen-bond donors (Lipinski definition) is 2. The lowest BCUT2D eigenvalue weighted by molar-refractivity contribution is -0.143. The van der Waals surface area contributed by atoms with E-state index in [1.807, 2.05) is 4.90 Å². The van der Waals surface area contributed by atoms with Gasteiger partial charge in [0.25, 0.3) is 0 Å². The van der Waals surface area contributed by atoms with Crippen LogP contribution in [0.25, 0.3) is 0 Å². The summed E-state index contributed by atoms with van der Waals surface area (Å²) in [6.45, 7) is 3.74. The zero-order valence-corrected chi connectivity index (χ0v) is 11.2. The third kappa shape index (κ3) is 3.41. The SMILES string of the molecule is CC(C(=O)O)N1CCN(C(=O)Nc2cncnc2)CC1. The Hall–Kier alpha value is -2.22. The first kappa shape index (κ1) is 14.2. The Morgan fingerprint density at radius 1 is 1.25 bits per heavy atom. The molecule has 108 valence electrons. The molecule has 1 aliphatic heterocycles. The van der Waals surface area contributed by atoms with Gasteiger partial charge < -0.3 is 15.3 Å². The Balaban J connectivity index is 1.84. The molecule has 8 heteroatoms. The van der Waals surface area contributed by atoms with Crippen molar-refractivity contribution >= 4 is 17.7 Å². The van der Waals surface area contributed by atoms with Crippen molar-refractivity contribution in [3.8, 4) is 0 Å². The highest BCUT2D eigenvalue weighted by Crippen LogP contribution is 2.09. The van der Waals surface area contributed by atoms with Gasteiger partial charge in [-0.05, 0) is 6.92 Å². The van der Waals surface area contributed by atoms with E-state index in [-0.39, 0.29) is 6.03 Å². The lowest BCUT2D eigenvalue weighted by Gasteiger charge is -2.36. The third-order valence-corrected chi connectivity index (χ3v) is 3.32. The van der Waals surface area contributed by atoms with Gasteiger partial charge in [0.15, 0.2) is 0 Å². The minimum atomic E-state index is -0.843. The van der Waals surface area contributed by atoms with Crippen LogP contribution in [0.2, 0.25) is 0 Å². The van der Waals surface area contributed by atoms with Crippen LogP contribution < -0.4 is 5.32 Å². The van der Waals surface area contributed by atoms with E-state index in [2.05, 4.69) is 15.3 Å². The number of carbonyl (C=O) groups is 2. The van der Waals surface area contributed by atoms with Crippen molar-refractivity contribution in [3.05, 3.63) is 18.7 Å². The van der Waals surface area contributed by atoms with Crippen LogP contribution in [0.1, 0.15) is 6.92 Å². The molecule has 0 saturated carbocycles. The lowest BCUT2D eigenvalue weighted by Crippen LogP contribution is -2.53. The number of carbonyl (C=O) groups excluding carboxylic acids is 1. The van der Waals surface area contributed by atoms with Crippen molar-refractivity contribution in [2.75, 3.05) is 31.5 Å². The molecule has 1 aromatic rings. The van der Waals surface area contributed by atoms with Crippen molar-refractivity contribution in [2.24, 2.45) is 0 Å². The van der Waals surface area contributed by atoms with E-state index in [0.717, 1.165) is 0 Å². The maximum absolute atomic E-state index is 12.0. The van der Waals surface area contributed by atoms with E-state index in [4.69, 9.17) is 5.11 Å². The van der Waals surface area contributed by atoms with Gasteiger partial charge in [0.2, 0.25) is 0 Å². The molecule has 0 radical (unpaired) electrons. The van der Waals surface area contributed by atoms with E-state index < -0.39 is 12.0 Å². The fourth-order valence-corrected chi connectivity index (χ4v) is 2.03. The van der Waals surface area contributed by atoms with Crippen LogP contribution in [-0.4, -0.2) is 69.1 Å². The molecule has 2 rings (SSSR count). The van der Waals surface area contributed by atoms with Crippen molar-refractivity contribution in [2.45, 2.75) is 13.0 Å². The van der Waals surface area contributed by atoms with Crippen molar-refractivity contribution < 1.29 is 14.7 Å². The van der Waals surface area contributed by atoms with Gasteiger partial charge in [-0.25, -0.2) is 14.8 Å². The van der Waals surface area contributed by atoms with E-state index in [9.17, 15) is 9.59 Å². The van der Waals surface area contributed by atoms with Gasteiger partial charge in [-0.2, -0.15) is 0 Å². The summed E-state index contributed by atoms with van der Waals surface area (Å²) >= 11 is 0. The van der Waals surface area contributed by atoms with Crippen molar-refractivity contribution in [3.63, 3.8) is 0 Å². The second kappa shape index (κ2) is 6.29. The first-order chi connectivity index (χ1) is 9.58. The molecule has 1 atom stereocenters. The lowest BCUT2D eigenvalue weighted by atomic mass is 10.2. The highest BCUT2D eigenvalue weighted by atomic mass is 16.4. The van der Waals surface area contributed by atoms with Gasteiger partial charge >= 0.3 is 12.0 Å². The topological polar surface area (TPSA) is 98.7 Å². The van der Waals surface area contributed by atoms with E-state index in [0.29, 0.717) is 31.9 Å². The van der Waals surface area contributed by atoms with Crippen LogP contribution in [0.3, 0.4) is 0 Å². The summed E-state index contributed by atoms with van der Waals surface area (Å²) in [5.41, 5.74) is 0.541. The Kier molecular flexibility index (Phi) is 4.46. The molecule has 1 fully saturated rings. The predicted molar refractivity (Wildman–Crippen MR) is 71.3 cm³/mol. The number of carboxylic acids is 1.